The minimum atomic E-state index is -0.336. The lowest BCUT2D eigenvalue weighted by Gasteiger charge is -2.12. The summed E-state index contributed by atoms with van der Waals surface area (Å²) < 4.78 is 1.66. The molecule has 0 aliphatic heterocycles. The average Bonchev–Trinajstić information content (AvgIpc) is 3.40. The van der Waals surface area contributed by atoms with Crippen LogP contribution in [0.3, 0.4) is 0 Å². The Kier molecular flexibility index (Phi) is 6.58. The Morgan fingerprint density at radius 2 is 2.06 bits per heavy atom. The smallest absolute Gasteiger partial charge is 0.233 e. The number of aromatic amines is 1. The molecule has 0 radical (unpaired) electrons. The summed E-state index contributed by atoms with van der Waals surface area (Å²) in [6.45, 7) is 4.50. The highest BCUT2D eigenvalue weighted by Gasteiger charge is 2.19. The van der Waals surface area contributed by atoms with Gasteiger partial charge in [-0.1, -0.05) is 42.4 Å². The van der Waals surface area contributed by atoms with Crippen molar-refractivity contribution < 1.29 is 4.79 Å². The van der Waals surface area contributed by atoms with Crippen LogP contribution in [0.5, 0.6) is 0 Å². The fourth-order valence-electron chi connectivity index (χ4n) is 3.32. The van der Waals surface area contributed by atoms with Crippen molar-refractivity contribution in [3.8, 4) is 5.69 Å². The summed E-state index contributed by atoms with van der Waals surface area (Å²) >= 11 is 7.44. The third-order valence-electron chi connectivity index (χ3n) is 5.10. The molecule has 0 bridgehead atoms. The molecule has 1 unspecified atom stereocenters. The predicted molar refractivity (Wildman–Crippen MR) is 124 cm³/mol. The Bertz CT molecular complexity index is 1190. The number of fused-ring (bicyclic) bond motifs is 1. The van der Waals surface area contributed by atoms with E-state index in [1.807, 2.05) is 43.5 Å². The molecule has 31 heavy (non-hydrogen) atoms. The van der Waals surface area contributed by atoms with Crippen LogP contribution >= 0.6 is 23.4 Å². The number of benzene rings is 2. The number of tetrazole rings is 1. The van der Waals surface area contributed by atoms with Gasteiger partial charge in [-0.05, 0) is 71.7 Å². The van der Waals surface area contributed by atoms with Gasteiger partial charge in [-0.25, -0.2) is 0 Å². The Morgan fingerprint density at radius 1 is 1.26 bits per heavy atom. The first kappa shape index (κ1) is 21.4. The zero-order valence-corrected chi connectivity index (χ0v) is 18.9. The standard InChI is InChI=1S/C22H23ClN6OS/c1-3-15-4-7-18(8-5-15)29-22(26-27-28-29)31-14(2)21(30)24-11-10-16-13-25-20-9-6-17(23)12-19(16)20/h4-9,12-14,25H,3,10-11H2,1-2H3,(H,24,30). The van der Waals surface area contributed by atoms with E-state index in [0.29, 0.717) is 23.1 Å². The quantitative estimate of drug-likeness (QED) is 0.389. The number of thioether (sulfide) groups is 1. The van der Waals surface area contributed by atoms with Gasteiger partial charge in [-0.15, -0.1) is 5.10 Å². The zero-order chi connectivity index (χ0) is 21.8. The molecule has 0 aliphatic carbocycles. The van der Waals surface area contributed by atoms with Gasteiger partial charge >= 0.3 is 0 Å². The molecular weight excluding hydrogens is 432 g/mol. The van der Waals surface area contributed by atoms with Crippen molar-refractivity contribution in [1.82, 2.24) is 30.5 Å². The predicted octanol–water partition coefficient (Wildman–Crippen LogP) is 4.20. The third-order valence-corrected chi connectivity index (χ3v) is 6.37. The maximum absolute atomic E-state index is 12.6. The van der Waals surface area contributed by atoms with Gasteiger partial charge in [-0.2, -0.15) is 4.68 Å². The van der Waals surface area contributed by atoms with E-state index in [1.54, 1.807) is 4.68 Å². The minimum absolute atomic E-state index is 0.0567. The van der Waals surface area contributed by atoms with Crippen molar-refractivity contribution in [2.24, 2.45) is 0 Å². The fourth-order valence-corrected chi connectivity index (χ4v) is 4.32. The van der Waals surface area contributed by atoms with E-state index < -0.39 is 0 Å². The monoisotopic (exact) mass is 454 g/mol. The number of rotatable bonds is 8. The molecule has 9 heteroatoms. The minimum Gasteiger partial charge on any atom is -0.361 e. The summed E-state index contributed by atoms with van der Waals surface area (Å²) in [5, 5.41) is 17.0. The third kappa shape index (κ3) is 4.91. The van der Waals surface area contributed by atoms with Gasteiger partial charge in [0.05, 0.1) is 10.9 Å². The highest BCUT2D eigenvalue weighted by molar-refractivity contribution is 8.00. The van der Waals surface area contributed by atoms with E-state index in [9.17, 15) is 4.79 Å². The number of nitrogens with zero attached hydrogens (tertiary/aromatic N) is 4. The number of hydrogen-bond donors (Lipinski definition) is 2. The second-order valence-electron chi connectivity index (χ2n) is 7.20. The van der Waals surface area contributed by atoms with Crippen molar-refractivity contribution in [2.45, 2.75) is 37.1 Å². The molecule has 2 N–H and O–H groups in total. The number of halogens is 1. The highest BCUT2D eigenvalue weighted by Crippen LogP contribution is 2.24. The fraction of sp³-hybridized carbons (Fsp3) is 0.273. The van der Waals surface area contributed by atoms with Gasteiger partial charge < -0.3 is 10.3 Å². The lowest BCUT2D eigenvalue weighted by Crippen LogP contribution is -2.32. The number of carbonyl (C=O) groups excluding carboxylic acids is 1. The van der Waals surface area contributed by atoms with E-state index in [1.165, 1.54) is 17.3 Å². The molecule has 4 aromatic rings. The first-order chi connectivity index (χ1) is 15.0. The van der Waals surface area contributed by atoms with Crippen molar-refractivity contribution in [3.63, 3.8) is 0 Å². The van der Waals surface area contributed by atoms with Crippen molar-refractivity contribution >= 4 is 40.2 Å². The Hall–Kier alpha value is -2.84. The number of aromatic nitrogens is 5. The number of nitrogens with one attached hydrogen (secondary N) is 2. The van der Waals surface area contributed by atoms with E-state index in [-0.39, 0.29) is 11.2 Å². The summed E-state index contributed by atoms with van der Waals surface area (Å²) in [4.78, 5) is 15.8. The summed E-state index contributed by atoms with van der Waals surface area (Å²) in [5.41, 5.74) is 4.28. The van der Waals surface area contributed by atoms with E-state index in [4.69, 9.17) is 11.6 Å². The van der Waals surface area contributed by atoms with Gasteiger partial charge in [-0.3, -0.25) is 4.79 Å². The molecule has 2 heterocycles. The van der Waals surface area contributed by atoms with Gasteiger partial charge in [0.25, 0.3) is 0 Å². The second kappa shape index (κ2) is 9.53. The van der Waals surface area contributed by atoms with Gasteiger partial charge in [0.1, 0.15) is 0 Å². The van der Waals surface area contributed by atoms with E-state index in [2.05, 4.69) is 44.9 Å². The number of hydrogen-bond acceptors (Lipinski definition) is 5. The number of carbonyl (C=O) groups is 1. The number of aryl methyl sites for hydroxylation is 1. The van der Waals surface area contributed by atoms with Crippen LogP contribution < -0.4 is 5.32 Å². The van der Waals surface area contributed by atoms with Crippen LogP contribution in [0.4, 0.5) is 0 Å². The normalized spacial score (nSPS) is 12.2. The van der Waals surface area contributed by atoms with Crippen LogP contribution in [-0.4, -0.2) is 42.9 Å². The summed E-state index contributed by atoms with van der Waals surface area (Å²) in [7, 11) is 0. The largest absolute Gasteiger partial charge is 0.361 e. The van der Waals surface area contributed by atoms with Crippen LogP contribution in [0, 0.1) is 0 Å². The molecule has 0 aliphatic rings. The maximum Gasteiger partial charge on any atom is 0.233 e. The van der Waals surface area contributed by atoms with E-state index >= 15 is 0 Å². The van der Waals surface area contributed by atoms with Gasteiger partial charge in [0.15, 0.2) is 0 Å². The SMILES string of the molecule is CCc1ccc(-n2nnnc2SC(C)C(=O)NCCc2c[nH]c3ccc(Cl)cc23)cc1. The molecule has 0 fully saturated rings. The van der Waals surface area contributed by atoms with Gasteiger partial charge in [0, 0.05) is 28.7 Å². The average molecular weight is 455 g/mol. The first-order valence-corrected chi connectivity index (χ1v) is 11.4. The van der Waals surface area contributed by atoms with E-state index in [0.717, 1.165) is 28.6 Å². The van der Waals surface area contributed by atoms with Crippen LogP contribution in [-0.2, 0) is 17.6 Å². The summed E-state index contributed by atoms with van der Waals surface area (Å²) in [6, 6.07) is 13.8. The molecule has 0 spiro atoms. The first-order valence-electron chi connectivity index (χ1n) is 10.1. The van der Waals surface area contributed by atoms with Crippen LogP contribution in [0.2, 0.25) is 5.02 Å². The number of H-pyrrole nitrogens is 1. The van der Waals surface area contributed by atoms with Crippen molar-refractivity contribution in [2.75, 3.05) is 6.54 Å². The van der Waals surface area contributed by atoms with Gasteiger partial charge in [0.2, 0.25) is 11.1 Å². The lowest BCUT2D eigenvalue weighted by molar-refractivity contribution is -0.120. The highest BCUT2D eigenvalue weighted by atomic mass is 35.5. The molecule has 1 amide bonds. The number of amides is 1. The molecule has 1 atom stereocenters. The Labute approximate surface area is 189 Å². The van der Waals surface area contributed by atoms with Crippen LogP contribution in [0.15, 0.2) is 53.8 Å². The maximum atomic E-state index is 12.6. The summed E-state index contributed by atoms with van der Waals surface area (Å²) in [6.07, 6.45) is 3.65. The molecular formula is C22H23ClN6OS. The molecule has 7 nitrogen and oxygen atoms in total. The molecule has 160 valence electrons. The lowest BCUT2D eigenvalue weighted by atomic mass is 10.1. The summed E-state index contributed by atoms with van der Waals surface area (Å²) in [5.74, 6) is -0.0567. The molecule has 0 saturated carbocycles. The Balaban J connectivity index is 1.35. The van der Waals surface area contributed by atoms with Crippen molar-refractivity contribution in [3.05, 3.63) is 64.8 Å². The molecule has 4 rings (SSSR count). The molecule has 2 aromatic heterocycles. The van der Waals surface area contributed by atoms with Crippen LogP contribution in [0.1, 0.15) is 25.0 Å². The van der Waals surface area contributed by atoms with Crippen molar-refractivity contribution in [1.29, 1.82) is 0 Å². The molecule has 0 saturated heterocycles. The molecule has 2 aromatic carbocycles. The topological polar surface area (TPSA) is 88.5 Å². The van der Waals surface area contributed by atoms with Crippen LogP contribution in [0.25, 0.3) is 16.6 Å². The Morgan fingerprint density at radius 3 is 2.84 bits per heavy atom. The second-order valence-corrected chi connectivity index (χ2v) is 8.94. The zero-order valence-electron chi connectivity index (χ0n) is 17.3.